The summed E-state index contributed by atoms with van der Waals surface area (Å²) in [5.41, 5.74) is 7.29. The Kier molecular flexibility index (Phi) is 3.07. The van der Waals surface area contributed by atoms with Crippen LogP contribution in [0.5, 0.6) is 5.75 Å². The summed E-state index contributed by atoms with van der Waals surface area (Å²) in [5.74, 6) is -1.01. The largest absolute Gasteiger partial charge is 0.508 e. The van der Waals surface area contributed by atoms with Gasteiger partial charge in [-0.25, -0.2) is 0 Å². The molecule has 0 aromatic heterocycles. The van der Waals surface area contributed by atoms with Gasteiger partial charge in [0.1, 0.15) is 5.75 Å². The fourth-order valence-electron chi connectivity index (χ4n) is 3.03. The van der Waals surface area contributed by atoms with Crippen LogP contribution >= 0.6 is 0 Å². The molecule has 1 aliphatic rings. The van der Waals surface area contributed by atoms with Gasteiger partial charge in [0, 0.05) is 0 Å². The van der Waals surface area contributed by atoms with Crippen LogP contribution in [0.25, 0.3) is 0 Å². The number of rotatable bonds is 3. The van der Waals surface area contributed by atoms with Crippen LogP contribution in [0.1, 0.15) is 31.4 Å². The summed E-state index contributed by atoms with van der Waals surface area (Å²) in [6.45, 7) is 4.07. The van der Waals surface area contributed by atoms with Crippen molar-refractivity contribution in [3.8, 4) is 5.75 Å². The minimum atomic E-state index is -0.867. The molecule has 98 valence electrons. The number of phenolic OH excluding ortho intramolecular Hbond substituents is 1. The molecule has 0 heterocycles. The SMILES string of the molecule is CC(C)C[C@]1(N)c2ccc(O)cc2C[C@H]1C(=O)O. The zero-order valence-corrected chi connectivity index (χ0v) is 10.7. The smallest absolute Gasteiger partial charge is 0.309 e. The molecule has 0 aliphatic heterocycles. The zero-order chi connectivity index (χ0) is 13.5. The van der Waals surface area contributed by atoms with Crippen molar-refractivity contribution >= 4 is 5.97 Å². The summed E-state index contributed by atoms with van der Waals surface area (Å²) in [6.07, 6.45) is 1.02. The fraction of sp³-hybridized carbons (Fsp3) is 0.500. The van der Waals surface area contributed by atoms with Crippen molar-refractivity contribution in [3.05, 3.63) is 29.3 Å². The van der Waals surface area contributed by atoms with Gasteiger partial charge >= 0.3 is 5.97 Å². The molecule has 1 aliphatic carbocycles. The summed E-state index contributed by atoms with van der Waals surface area (Å²) >= 11 is 0. The molecule has 0 bridgehead atoms. The molecule has 0 fully saturated rings. The van der Waals surface area contributed by atoms with E-state index in [1.54, 1.807) is 18.2 Å². The molecule has 18 heavy (non-hydrogen) atoms. The van der Waals surface area contributed by atoms with Crippen LogP contribution in [0, 0.1) is 11.8 Å². The molecule has 0 radical (unpaired) electrons. The van der Waals surface area contributed by atoms with Gasteiger partial charge in [-0.1, -0.05) is 19.9 Å². The molecule has 0 unspecified atom stereocenters. The van der Waals surface area contributed by atoms with Crippen molar-refractivity contribution in [1.29, 1.82) is 0 Å². The number of carbonyl (C=O) groups is 1. The van der Waals surface area contributed by atoms with Gasteiger partial charge in [0.05, 0.1) is 11.5 Å². The van der Waals surface area contributed by atoms with Crippen molar-refractivity contribution in [1.82, 2.24) is 0 Å². The lowest BCUT2D eigenvalue weighted by molar-refractivity contribution is -0.144. The minimum absolute atomic E-state index is 0.159. The quantitative estimate of drug-likeness (QED) is 0.763. The van der Waals surface area contributed by atoms with E-state index in [2.05, 4.69) is 0 Å². The molecule has 0 saturated heterocycles. The summed E-state index contributed by atoms with van der Waals surface area (Å²) in [4.78, 5) is 11.4. The first-order valence-electron chi connectivity index (χ1n) is 6.18. The summed E-state index contributed by atoms with van der Waals surface area (Å²) in [7, 11) is 0. The topological polar surface area (TPSA) is 83.5 Å². The maximum absolute atomic E-state index is 11.4. The molecule has 4 N–H and O–H groups in total. The lowest BCUT2D eigenvalue weighted by atomic mass is 9.78. The molecule has 4 nitrogen and oxygen atoms in total. The predicted octanol–water partition coefficient (Wildman–Crippen LogP) is 1.85. The fourth-order valence-corrected chi connectivity index (χ4v) is 3.03. The Labute approximate surface area is 106 Å². The Hall–Kier alpha value is -1.55. The Morgan fingerprint density at radius 2 is 2.22 bits per heavy atom. The lowest BCUT2D eigenvalue weighted by Crippen LogP contribution is -2.45. The van der Waals surface area contributed by atoms with E-state index in [0.717, 1.165) is 11.1 Å². The maximum Gasteiger partial charge on any atom is 0.309 e. The molecular weight excluding hydrogens is 230 g/mol. The molecular formula is C14H19NO3. The second kappa shape index (κ2) is 4.28. The number of fused-ring (bicyclic) bond motifs is 1. The Balaban J connectivity index is 2.49. The first kappa shape index (κ1) is 12.9. The first-order chi connectivity index (χ1) is 8.34. The molecule has 1 aromatic rings. The van der Waals surface area contributed by atoms with Crippen LogP contribution < -0.4 is 5.73 Å². The highest BCUT2D eigenvalue weighted by Gasteiger charge is 2.47. The lowest BCUT2D eigenvalue weighted by Gasteiger charge is -2.32. The van der Waals surface area contributed by atoms with Gasteiger partial charge in [-0.2, -0.15) is 0 Å². The molecule has 0 saturated carbocycles. The van der Waals surface area contributed by atoms with E-state index in [0.29, 0.717) is 18.8 Å². The van der Waals surface area contributed by atoms with Crippen molar-refractivity contribution < 1.29 is 15.0 Å². The minimum Gasteiger partial charge on any atom is -0.508 e. The summed E-state index contributed by atoms with van der Waals surface area (Å²) in [6, 6.07) is 4.96. The number of nitrogens with two attached hydrogens (primary N) is 1. The van der Waals surface area contributed by atoms with Crippen LogP contribution in [0.4, 0.5) is 0 Å². The van der Waals surface area contributed by atoms with Crippen molar-refractivity contribution in [2.24, 2.45) is 17.6 Å². The number of aromatic hydroxyl groups is 1. The van der Waals surface area contributed by atoms with Crippen LogP contribution in [0.2, 0.25) is 0 Å². The van der Waals surface area contributed by atoms with Crippen LogP contribution in [-0.4, -0.2) is 16.2 Å². The maximum atomic E-state index is 11.4. The highest BCUT2D eigenvalue weighted by molar-refractivity contribution is 5.75. The molecule has 2 atom stereocenters. The van der Waals surface area contributed by atoms with Crippen molar-refractivity contribution in [2.45, 2.75) is 32.2 Å². The van der Waals surface area contributed by atoms with Crippen LogP contribution in [0.15, 0.2) is 18.2 Å². The van der Waals surface area contributed by atoms with Gasteiger partial charge in [0.15, 0.2) is 0 Å². The zero-order valence-electron chi connectivity index (χ0n) is 10.7. The van der Waals surface area contributed by atoms with Crippen LogP contribution in [0.3, 0.4) is 0 Å². The second-order valence-corrected chi connectivity index (χ2v) is 5.57. The normalized spacial score (nSPS) is 26.3. The van der Waals surface area contributed by atoms with E-state index < -0.39 is 17.4 Å². The Bertz CT molecular complexity index is 484. The highest BCUT2D eigenvalue weighted by Crippen LogP contribution is 2.44. The average molecular weight is 249 g/mol. The number of carboxylic acids is 1. The number of benzene rings is 1. The molecule has 0 amide bonds. The Morgan fingerprint density at radius 3 is 2.78 bits per heavy atom. The van der Waals surface area contributed by atoms with E-state index in [9.17, 15) is 15.0 Å². The third-order valence-electron chi connectivity index (χ3n) is 3.68. The number of hydrogen-bond acceptors (Lipinski definition) is 3. The molecule has 1 aromatic carbocycles. The highest BCUT2D eigenvalue weighted by atomic mass is 16.4. The van der Waals surface area contributed by atoms with Gasteiger partial charge < -0.3 is 15.9 Å². The summed E-state index contributed by atoms with van der Waals surface area (Å²) < 4.78 is 0. The Morgan fingerprint density at radius 1 is 1.56 bits per heavy atom. The van der Waals surface area contributed by atoms with E-state index >= 15 is 0 Å². The average Bonchev–Trinajstić information content (AvgIpc) is 2.50. The first-order valence-corrected chi connectivity index (χ1v) is 6.18. The van der Waals surface area contributed by atoms with Gasteiger partial charge in [-0.15, -0.1) is 0 Å². The second-order valence-electron chi connectivity index (χ2n) is 5.57. The van der Waals surface area contributed by atoms with E-state index in [-0.39, 0.29) is 5.75 Å². The third-order valence-corrected chi connectivity index (χ3v) is 3.68. The van der Waals surface area contributed by atoms with E-state index in [1.807, 2.05) is 13.8 Å². The standard InChI is InChI=1S/C14H19NO3/c1-8(2)7-14(15)11-4-3-10(16)5-9(11)6-12(14)13(17)18/h3-5,8,12,16H,6-7,15H2,1-2H3,(H,17,18)/t12-,14-/m0/s1. The van der Waals surface area contributed by atoms with Gasteiger partial charge in [-0.3, -0.25) is 4.79 Å². The summed E-state index contributed by atoms with van der Waals surface area (Å²) in [5, 5.41) is 18.8. The van der Waals surface area contributed by atoms with Gasteiger partial charge in [-0.05, 0) is 42.0 Å². The number of aliphatic carboxylic acids is 1. The number of hydrogen-bond donors (Lipinski definition) is 3. The van der Waals surface area contributed by atoms with E-state index in [4.69, 9.17) is 5.73 Å². The number of phenols is 1. The van der Waals surface area contributed by atoms with Gasteiger partial charge in [0.2, 0.25) is 0 Å². The monoisotopic (exact) mass is 249 g/mol. The van der Waals surface area contributed by atoms with Crippen molar-refractivity contribution in [2.75, 3.05) is 0 Å². The third kappa shape index (κ3) is 1.97. The van der Waals surface area contributed by atoms with Gasteiger partial charge in [0.25, 0.3) is 0 Å². The molecule has 0 spiro atoms. The molecule has 2 rings (SSSR count). The number of carboxylic acid groups (broad SMARTS) is 1. The van der Waals surface area contributed by atoms with E-state index in [1.165, 1.54) is 0 Å². The predicted molar refractivity (Wildman–Crippen MR) is 68.3 cm³/mol. The molecule has 4 heteroatoms. The van der Waals surface area contributed by atoms with Crippen LogP contribution in [-0.2, 0) is 16.8 Å². The van der Waals surface area contributed by atoms with Crippen molar-refractivity contribution in [3.63, 3.8) is 0 Å².